The van der Waals surface area contributed by atoms with Crippen LogP contribution in [-0.2, 0) is 9.59 Å². The van der Waals surface area contributed by atoms with Crippen molar-refractivity contribution in [2.45, 2.75) is 12.8 Å². The predicted octanol–water partition coefficient (Wildman–Crippen LogP) is 1.72. The zero-order chi connectivity index (χ0) is 15.4. The van der Waals surface area contributed by atoms with Crippen LogP contribution in [0, 0.1) is 15.5 Å². The number of barbiturate groups is 1. The smallest absolute Gasteiger partial charge is 0.276 e. The number of carbonyl (C=O) groups is 3. The second kappa shape index (κ2) is 4.35. The minimum absolute atomic E-state index is 0.0613. The molecular formula is C12H8BrN3O5. The van der Waals surface area contributed by atoms with Crippen molar-refractivity contribution in [1.82, 2.24) is 5.32 Å². The van der Waals surface area contributed by atoms with Gasteiger partial charge in [0.25, 0.3) is 11.6 Å². The summed E-state index contributed by atoms with van der Waals surface area (Å²) in [5.74, 6) is -1.23. The summed E-state index contributed by atoms with van der Waals surface area (Å²) in [4.78, 5) is 47.0. The van der Waals surface area contributed by atoms with Gasteiger partial charge in [-0.2, -0.15) is 0 Å². The Morgan fingerprint density at radius 3 is 2.52 bits per heavy atom. The number of imide groups is 2. The molecule has 1 saturated carbocycles. The molecule has 1 heterocycles. The number of hydrogen-bond acceptors (Lipinski definition) is 5. The molecule has 0 radical (unpaired) electrons. The highest BCUT2D eigenvalue weighted by atomic mass is 79.9. The number of rotatable bonds is 2. The molecule has 9 heteroatoms. The number of nitro benzene ring substituents is 1. The van der Waals surface area contributed by atoms with Crippen LogP contribution in [-0.4, -0.2) is 22.8 Å². The number of hydrogen-bond donors (Lipinski definition) is 1. The number of urea groups is 1. The zero-order valence-corrected chi connectivity index (χ0v) is 12.0. The molecule has 1 saturated heterocycles. The van der Waals surface area contributed by atoms with Crippen molar-refractivity contribution in [2.24, 2.45) is 5.41 Å². The largest absolute Gasteiger partial charge is 0.335 e. The van der Waals surface area contributed by atoms with E-state index in [0.717, 1.165) is 11.0 Å². The number of benzene rings is 1. The topological polar surface area (TPSA) is 110 Å². The number of nitro groups is 1. The molecule has 1 aliphatic heterocycles. The first-order valence-corrected chi connectivity index (χ1v) is 6.80. The van der Waals surface area contributed by atoms with Gasteiger partial charge in [0.05, 0.1) is 15.1 Å². The molecule has 21 heavy (non-hydrogen) atoms. The van der Waals surface area contributed by atoms with Crippen molar-refractivity contribution in [2.75, 3.05) is 4.90 Å². The summed E-state index contributed by atoms with van der Waals surface area (Å²) in [5.41, 5.74) is -1.39. The third-order valence-electron chi connectivity index (χ3n) is 3.61. The monoisotopic (exact) mass is 353 g/mol. The average Bonchev–Trinajstić information content (AvgIpc) is 3.20. The van der Waals surface area contributed by atoms with Crippen LogP contribution in [0.1, 0.15) is 12.8 Å². The minimum Gasteiger partial charge on any atom is -0.276 e. The molecule has 0 aromatic heterocycles. The number of carbonyl (C=O) groups excluding carboxylic acids is 3. The fourth-order valence-corrected chi connectivity index (χ4v) is 2.65. The van der Waals surface area contributed by atoms with Crippen LogP contribution in [0.2, 0.25) is 0 Å². The van der Waals surface area contributed by atoms with Gasteiger partial charge in [0.15, 0.2) is 0 Å². The van der Waals surface area contributed by atoms with Gasteiger partial charge in [-0.3, -0.25) is 25.0 Å². The van der Waals surface area contributed by atoms with E-state index in [4.69, 9.17) is 0 Å². The molecule has 8 nitrogen and oxygen atoms in total. The number of halogens is 1. The summed E-state index contributed by atoms with van der Waals surface area (Å²) in [6.07, 6.45) is 0.750. The van der Waals surface area contributed by atoms with E-state index < -0.39 is 28.2 Å². The molecule has 1 aliphatic carbocycles. The highest BCUT2D eigenvalue weighted by Gasteiger charge is 2.62. The summed E-state index contributed by atoms with van der Waals surface area (Å²) in [6.45, 7) is 0. The highest BCUT2D eigenvalue weighted by Crippen LogP contribution is 2.49. The van der Waals surface area contributed by atoms with Gasteiger partial charge in [-0.05, 0) is 40.9 Å². The normalized spacial score (nSPS) is 19.7. The number of anilines is 1. The summed E-state index contributed by atoms with van der Waals surface area (Å²) in [5, 5.41) is 13.0. The van der Waals surface area contributed by atoms with Gasteiger partial charge in [0.1, 0.15) is 5.41 Å². The third kappa shape index (κ3) is 1.92. The Bertz CT molecular complexity index is 713. The first-order chi connectivity index (χ1) is 9.86. The SMILES string of the molecule is O=C1NC(=O)C2(CC2)C(=O)N1c1ccc(Br)c([N+](=O)[O-])c1. The van der Waals surface area contributed by atoms with Crippen molar-refractivity contribution in [3.8, 4) is 0 Å². The van der Waals surface area contributed by atoms with Crippen LogP contribution in [0.25, 0.3) is 0 Å². The van der Waals surface area contributed by atoms with Crippen molar-refractivity contribution in [3.63, 3.8) is 0 Å². The molecule has 2 aliphatic rings. The Balaban J connectivity index is 2.05. The van der Waals surface area contributed by atoms with Crippen LogP contribution in [0.5, 0.6) is 0 Å². The van der Waals surface area contributed by atoms with E-state index in [1.807, 2.05) is 0 Å². The van der Waals surface area contributed by atoms with E-state index in [0.29, 0.717) is 12.8 Å². The Kier molecular flexibility index (Phi) is 2.84. The number of nitrogens with zero attached hydrogens (tertiary/aromatic N) is 2. The first kappa shape index (κ1) is 13.7. The van der Waals surface area contributed by atoms with Crippen molar-refractivity contribution < 1.29 is 19.3 Å². The van der Waals surface area contributed by atoms with E-state index >= 15 is 0 Å². The molecule has 1 aromatic carbocycles. The average molecular weight is 354 g/mol. The summed E-state index contributed by atoms with van der Waals surface area (Å²) in [7, 11) is 0. The fourth-order valence-electron chi connectivity index (χ4n) is 2.26. The Morgan fingerprint density at radius 1 is 1.29 bits per heavy atom. The lowest BCUT2D eigenvalue weighted by Gasteiger charge is -2.30. The van der Waals surface area contributed by atoms with E-state index in [9.17, 15) is 24.5 Å². The molecule has 1 spiro atoms. The molecule has 108 valence electrons. The van der Waals surface area contributed by atoms with Gasteiger partial charge in [-0.25, -0.2) is 9.69 Å². The van der Waals surface area contributed by atoms with Crippen LogP contribution < -0.4 is 10.2 Å². The second-order valence-corrected chi connectivity index (χ2v) is 5.73. The van der Waals surface area contributed by atoms with Crippen LogP contribution >= 0.6 is 15.9 Å². The van der Waals surface area contributed by atoms with Gasteiger partial charge in [0, 0.05) is 6.07 Å². The summed E-state index contributed by atoms with van der Waals surface area (Å²) >= 11 is 3.03. The van der Waals surface area contributed by atoms with E-state index in [1.165, 1.54) is 12.1 Å². The van der Waals surface area contributed by atoms with E-state index in [-0.39, 0.29) is 15.8 Å². The molecule has 0 unspecified atom stereocenters. The van der Waals surface area contributed by atoms with Crippen molar-refractivity contribution in [1.29, 1.82) is 0 Å². The lowest BCUT2D eigenvalue weighted by molar-refractivity contribution is -0.385. The maximum absolute atomic E-state index is 12.4. The lowest BCUT2D eigenvalue weighted by atomic mass is 10.0. The van der Waals surface area contributed by atoms with E-state index in [2.05, 4.69) is 21.2 Å². The van der Waals surface area contributed by atoms with Crippen LogP contribution in [0.15, 0.2) is 22.7 Å². The zero-order valence-electron chi connectivity index (χ0n) is 10.5. The standard InChI is InChI=1S/C12H8BrN3O5/c13-7-2-1-6(5-8(7)16(20)21)15-10(18)12(3-4-12)9(17)14-11(15)19/h1-2,5H,3-4H2,(H,14,17,19). The fraction of sp³-hybridized carbons (Fsp3) is 0.250. The Hall–Kier alpha value is -2.29. The molecule has 2 fully saturated rings. The van der Waals surface area contributed by atoms with Crippen LogP contribution in [0.3, 0.4) is 0 Å². The van der Waals surface area contributed by atoms with E-state index in [1.54, 1.807) is 0 Å². The molecule has 1 aromatic rings. The quantitative estimate of drug-likeness (QED) is 0.494. The minimum atomic E-state index is -1.18. The first-order valence-electron chi connectivity index (χ1n) is 6.01. The maximum atomic E-state index is 12.4. The van der Waals surface area contributed by atoms with Crippen LogP contribution in [0.4, 0.5) is 16.2 Å². The van der Waals surface area contributed by atoms with Crippen molar-refractivity contribution in [3.05, 3.63) is 32.8 Å². The summed E-state index contributed by atoms with van der Waals surface area (Å²) < 4.78 is 0.235. The number of amides is 4. The molecule has 3 rings (SSSR count). The molecule has 4 amide bonds. The Labute approximate surface area is 126 Å². The molecular weight excluding hydrogens is 346 g/mol. The Morgan fingerprint density at radius 2 is 1.95 bits per heavy atom. The molecule has 0 atom stereocenters. The predicted molar refractivity (Wildman–Crippen MR) is 73.5 cm³/mol. The highest BCUT2D eigenvalue weighted by molar-refractivity contribution is 9.10. The second-order valence-electron chi connectivity index (χ2n) is 4.87. The lowest BCUT2D eigenvalue weighted by Crippen LogP contribution is -2.59. The molecule has 0 bridgehead atoms. The number of nitrogens with one attached hydrogen (secondary N) is 1. The van der Waals surface area contributed by atoms with Gasteiger partial charge in [-0.15, -0.1) is 0 Å². The van der Waals surface area contributed by atoms with Gasteiger partial charge in [-0.1, -0.05) is 0 Å². The summed E-state index contributed by atoms with van der Waals surface area (Å²) in [6, 6.07) is 3.01. The third-order valence-corrected chi connectivity index (χ3v) is 4.28. The van der Waals surface area contributed by atoms with Gasteiger partial charge >= 0.3 is 6.03 Å². The van der Waals surface area contributed by atoms with Crippen molar-refractivity contribution >= 4 is 45.2 Å². The van der Waals surface area contributed by atoms with Gasteiger partial charge in [0.2, 0.25) is 5.91 Å². The van der Waals surface area contributed by atoms with Gasteiger partial charge < -0.3 is 0 Å². The maximum Gasteiger partial charge on any atom is 0.335 e. The molecule has 1 N–H and O–H groups in total.